The molecule has 0 radical (unpaired) electrons. The van der Waals surface area contributed by atoms with Crippen LogP contribution in [0, 0.1) is 0 Å². The summed E-state index contributed by atoms with van der Waals surface area (Å²) < 4.78 is 0. The predicted octanol–water partition coefficient (Wildman–Crippen LogP) is 2.66. The van der Waals surface area contributed by atoms with Crippen molar-refractivity contribution >= 4 is 34.8 Å². The molecule has 110 valence electrons. The van der Waals surface area contributed by atoms with E-state index in [9.17, 15) is 4.79 Å². The first kappa shape index (κ1) is 15.6. The predicted molar refractivity (Wildman–Crippen MR) is 83.6 cm³/mol. The van der Waals surface area contributed by atoms with Crippen molar-refractivity contribution in [3.05, 3.63) is 28.2 Å². The molecule has 0 bridgehead atoms. The molecule has 1 saturated heterocycles. The molecule has 1 unspecified atom stereocenters. The third-order valence-corrected chi connectivity index (χ3v) is 4.04. The van der Waals surface area contributed by atoms with Crippen LogP contribution in [0.15, 0.2) is 18.2 Å². The lowest BCUT2D eigenvalue weighted by atomic mass is 10.0. The molecule has 0 aromatic heterocycles. The molecule has 3 N–H and O–H groups in total. The zero-order valence-corrected chi connectivity index (χ0v) is 12.9. The summed E-state index contributed by atoms with van der Waals surface area (Å²) in [6.07, 6.45) is 1.48. The SMILES string of the molecule is CC1(NCCC(=O)Nc2cc(Cl)ccc2Cl)CCNC1. The van der Waals surface area contributed by atoms with Crippen LogP contribution in [0.1, 0.15) is 19.8 Å². The first-order valence-corrected chi connectivity index (χ1v) is 7.45. The van der Waals surface area contributed by atoms with Gasteiger partial charge in [-0.2, -0.15) is 0 Å². The van der Waals surface area contributed by atoms with Crippen LogP contribution in [-0.4, -0.2) is 31.1 Å². The summed E-state index contributed by atoms with van der Waals surface area (Å²) in [6.45, 7) is 4.77. The Balaban J connectivity index is 1.79. The van der Waals surface area contributed by atoms with Crippen molar-refractivity contribution in [2.45, 2.75) is 25.3 Å². The second-order valence-corrected chi connectivity index (χ2v) is 6.18. The van der Waals surface area contributed by atoms with Gasteiger partial charge >= 0.3 is 0 Å². The van der Waals surface area contributed by atoms with Gasteiger partial charge in [-0.25, -0.2) is 0 Å². The van der Waals surface area contributed by atoms with Crippen LogP contribution in [0.4, 0.5) is 5.69 Å². The Bertz CT molecular complexity index is 487. The standard InChI is InChI=1S/C14H19Cl2N3O/c1-14(5-7-17-9-14)18-6-4-13(20)19-12-8-10(15)2-3-11(12)16/h2-3,8,17-18H,4-7,9H2,1H3,(H,19,20). The number of benzene rings is 1. The highest BCUT2D eigenvalue weighted by atomic mass is 35.5. The van der Waals surface area contributed by atoms with E-state index in [1.165, 1.54) is 0 Å². The van der Waals surface area contributed by atoms with Crippen molar-refractivity contribution in [1.29, 1.82) is 0 Å². The average Bonchev–Trinajstić information content (AvgIpc) is 2.81. The molecule has 1 aliphatic heterocycles. The molecule has 0 aliphatic carbocycles. The van der Waals surface area contributed by atoms with Crippen molar-refractivity contribution < 1.29 is 4.79 Å². The van der Waals surface area contributed by atoms with Gasteiger partial charge in [0.1, 0.15) is 0 Å². The molecule has 4 nitrogen and oxygen atoms in total. The maximum atomic E-state index is 11.9. The van der Waals surface area contributed by atoms with Crippen LogP contribution in [0.25, 0.3) is 0 Å². The first-order chi connectivity index (χ1) is 9.48. The summed E-state index contributed by atoms with van der Waals surface area (Å²) in [6, 6.07) is 5.01. The fourth-order valence-electron chi connectivity index (χ4n) is 2.25. The van der Waals surface area contributed by atoms with E-state index in [0.29, 0.717) is 28.7 Å². The number of hydrogen-bond donors (Lipinski definition) is 3. The lowest BCUT2D eigenvalue weighted by Gasteiger charge is -2.24. The summed E-state index contributed by atoms with van der Waals surface area (Å²) in [5, 5.41) is 10.5. The van der Waals surface area contributed by atoms with Gasteiger partial charge in [0.05, 0.1) is 10.7 Å². The van der Waals surface area contributed by atoms with Gasteiger partial charge in [0, 0.05) is 30.1 Å². The molecule has 1 aromatic rings. The van der Waals surface area contributed by atoms with Gasteiger partial charge in [0.15, 0.2) is 0 Å². The normalized spacial score (nSPS) is 21.9. The maximum Gasteiger partial charge on any atom is 0.225 e. The van der Waals surface area contributed by atoms with Crippen LogP contribution in [-0.2, 0) is 4.79 Å². The highest BCUT2D eigenvalue weighted by molar-refractivity contribution is 6.35. The Hall–Kier alpha value is -0.810. The lowest BCUT2D eigenvalue weighted by molar-refractivity contribution is -0.116. The topological polar surface area (TPSA) is 53.2 Å². The maximum absolute atomic E-state index is 11.9. The molecule has 0 saturated carbocycles. The number of anilines is 1. The summed E-state index contributed by atoms with van der Waals surface area (Å²) in [7, 11) is 0. The van der Waals surface area contributed by atoms with Crippen molar-refractivity contribution in [2.24, 2.45) is 0 Å². The second kappa shape index (κ2) is 6.76. The number of hydrogen-bond acceptors (Lipinski definition) is 3. The molecule has 1 aromatic carbocycles. The van der Waals surface area contributed by atoms with Gasteiger partial charge in [0.25, 0.3) is 0 Å². The van der Waals surface area contributed by atoms with Crippen molar-refractivity contribution in [3.8, 4) is 0 Å². The Morgan fingerprint density at radius 1 is 1.45 bits per heavy atom. The Morgan fingerprint density at radius 2 is 2.25 bits per heavy atom. The van der Waals surface area contributed by atoms with Gasteiger partial charge < -0.3 is 16.0 Å². The van der Waals surface area contributed by atoms with Crippen LogP contribution in [0.5, 0.6) is 0 Å². The van der Waals surface area contributed by atoms with E-state index < -0.39 is 0 Å². The molecule has 1 amide bonds. The number of amides is 1. The van der Waals surface area contributed by atoms with Gasteiger partial charge in [-0.05, 0) is 38.1 Å². The molecule has 1 heterocycles. The van der Waals surface area contributed by atoms with Gasteiger partial charge in [-0.3, -0.25) is 4.79 Å². The largest absolute Gasteiger partial charge is 0.325 e. The minimum atomic E-state index is -0.0729. The van der Waals surface area contributed by atoms with Crippen molar-refractivity contribution in [2.75, 3.05) is 25.0 Å². The van der Waals surface area contributed by atoms with Crippen molar-refractivity contribution in [3.63, 3.8) is 0 Å². The van der Waals surface area contributed by atoms with E-state index in [2.05, 4.69) is 22.9 Å². The molecule has 1 atom stereocenters. The minimum absolute atomic E-state index is 0.0729. The summed E-state index contributed by atoms with van der Waals surface area (Å²) in [5.74, 6) is -0.0729. The number of carbonyl (C=O) groups is 1. The highest BCUT2D eigenvalue weighted by Gasteiger charge is 2.27. The van der Waals surface area contributed by atoms with Gasteiger partial charge in [-0.1, -0.05) is 23.2 Å². The third kappa shape index (κ3) is 4.35. The van der Waals surface area contributed by atoms with E-state index in [0.717, 1.165) is 19.5 Å². The second-order valence-electron chi connectivity index (χ2n) is 5.34. The molecular formula is C14H19Cl2N3O. The lowest BCUT2D eigenvalue weighted by Crippen LogP contribution is -2.45. The molecule has 20 heavy (non-hydrogen) atoms. The molecule has 1 fully saturated rings. The number of rotatable bonds is 5. The number of halogens is 2. The van der Waals surface area contributed by atoms with Crippen molar-refractivity contribution in [1.82, 2.24) is 10.6 Å². The third-order valence-electron chi connectivity index (χ3n) is 3.48. The zero-order chi connectivity index (χ0) is 14.6. The Kier molecular flexibility index (Phi) is 5.27. The van der Waals surface area contributed by atoms with Crippen LogP contribution in [0.3, 0.4) is 0 Å². The molecule has 6 heteroatoms. The average molecular weight is 316 g/mol. The Labute approximate surface area is 129 Å². The van der Waals surface area contributed by atoms with Gasteiger partial charge in [-0.15, -0.1) is 0 Å². The van der Waals surface area contributed by atoms with E-state index in [1.807, 2.05) is 0 Å². The van der Waals surface area contributed by atoms with Crippen LogP contribution < -0.4 is 16.0 Å². The summed E-state index contributed by atoms with van der Waals surface area (Å²) >= 11 is 11.9. The van der Waals surface area contributed by atoms with E-state index in [1.54, 1.807) is 18.2 Å². The van der Waals surface area contributed by atoms with Crippen LogP contribution in [0.2, 0.25) is 10.0 Å². The highest BCUT2D eigenvalue weighted by Crippen LogP contribution is 2.25. The number of nitrogens with one attached hydrogen (secondary N) is 3. The first-order valence-electron chi connectivity index (χ1n) is 6.69. The minimum Gasteiger partial charge on any atom is -0.325 e. The molecule has 1 aliphatic rings. The Morgan fingerprint density at radius 3 is 2.95 bits per heavy atom. The van der Waals surface area contributed by atoms with E-state index in [4.69, 9.17) is 23.2 Å². The quantitative estimate of drug-likeness (QED) is 0.783. The number of carbonyl (C=O) groups excluding carboxylic acids is 1. The van der Waals surface area contributed by atoms with E-state index in [-0.39, 0.29) is 11.4 Å². The summed E-state index contributed by atoms with van der Waals surface area (Å²) in [4.78, 5) is 11.9. The molecular weight excluding hydrogens is 297 g/mol. The zero-order valence-electron chi connectivity index (χ0n) is 11.4. The van der Waals surface area contributed by atoms with Crippen LogP contribution >= 0.6 is 23.2 Å². The van der Waals surface area contributed by atoms with E-state index >= 15 is 0 Å². The fraction of sp³-hybridized carbons (Fsp3) is 0.500. The smallest absolute Gasteiger partial charge is 0.225 e. The summed E-state index contributed by atoms with van der Waals surface area (Å²) in [5.41, 5.74) is 0.645. The molecule has 0 spiro atoms. The van der Waals surface area contributed by atoms with Gasteiger partial charge in [0.2, 0.25) is 5.91 Å². The molecule has 2 rings (SSSR count). The monoisotopic (exact) mass is 315 g/mol. The fourth-order valence-corrected chi connectivity index (χ4v) is 2.59.